The highest BCUT2D eigenvalue weighted by Crippen LogP contribution is 2.51. The van der Waals surface area contributed by atoms with E-state index in [2.05, 4.69) is 4.72 Å². The molecule has 9 heteroatoms. The fraction of sp³-hybridized carbons (Fsp3) is 0.316. The molecule has 0 spiro atoms. The van der Waals surface area contributed by atoms with Gasteiger partial charge < -0.3 is 19.7 Å². The molecule has 1 aliphatic carbocycles. The van der Waals surface area contributed by atoms with E-state index in [1.807, 2.05) is 0 Å². The monoisotopic (exact) mass is 405 g/mol. The maximum absolute atomic E-state index is 12.7. The lowest BCUT2D eigenvalue weighted by atomic mass is 9.94. The number of para-hydroxylation sites is 1. The highest BCUT2D eigenvalue weighted by Gasteiger charge is 2.51. The van der Waals surface area contributed by atoms with E-state index in [1.54, 1.807) is 36.4 Å². The van der Waals surface area contributed by atoms with Crippen molar-refractivity contribution in [1.29, 1.82) is 0 Å². The van der Waals surface area contributed by atoms with Gasteiger partial charge in [-0.25, -0.2) is 17.9 Å². The number of carboxylic acid groups (broad SMARTS) is 1. The van der Waals surface area contributed by atoms with Crippen molar-refractivity contribution in [3.63, 3.8) is 0 Å². The largest absolute Gasteiger partial charge is 0.485 e. The van der Waals surface area contributed by atoms with Gasteiger partial charge in [-0.3, -0.25) is 0 Å². The Morgan fingerprint density at radius 1 is 1.18 bits per heavy atom. The summed E-state index contributed by atoms with van der Waals surface area (Å²) in [4.78, 5) is 10.9. The number of ether oxygens (including phenoxy) is 2. The number of sulfonamides is 1. The second kappa shape index (κ2) is 7.08. The van der Waals surface area contributed by atoms with Crippen molar-refractivity contribution < 1.29 is 32.9 Å². The molecule has 2 aromatic rings. The summed E-state index contributed by atoms with van der Waals surface area (Å²) >= 11 is 0. The number of carboxylic acids is 1. The number of nitrogens with one attached hydrogen (secondary N) is 1. The van der Waals surface area contributed by atoms with Crippen molar-refractivity contribution in [1.82, 2.24) is 4.72 Å². The number of benzene rings is 2. The summed E-state index contributed by atoms with van der Waals surface area (Å²) in [6.45, 7) is -0.512. The van der Waals surface area contributed by atoms with Gasteiger partial charge >= 0.3 is 5.97 Å². The molecule has 2 aromatic carbocycles. The van der Waals surface area contributed by atoms with Crippen molar-refractivity contribution in [2.75, 3.05) is 6.61 Å². The number of hydrogen-bond acceptors (Lipinski definition) is 6. The lowest BCUT2D eigenvalue weighted by molar-refractivity contribution is -0.139. The highest BCUT2D eigenvalue weighted by molar-refractivity contribution is 7.89. The van der Waals surface area contributed by atoms with Crippen LogP contribution in [0.1, 0.15) is 17.9 Å². The van der Waals surface area contributed by atoms with E-state index >= 15 is 0 Å². The van der Waals surface area contributed by atoms with Gasteiger partial charge in [-0.2, -0.15) is 0 Å². The molecule has 3 N–H and O–H groups in total. The number of aliphatic hydroxyl groups is 1. The van der Waals surface area contributed by atoms with Crippen LogP contribution in [0.4, 0.5) is 0 Å². The molecule has 0 radical (unpaired) electrons. The molecule has 8 nitrogen and oxygen atoms in total. The molecule has 0 bridgehead atoms. The number of rotatable bonds is 6. The molecule has 148 valence electrons. The number of aliphatic hydroxyl groups excluding tert-OH is 1. The van der Waals surface area contributed by atoms with Crippen LogP contribution >= 0.6 is 0 Å². The molecule has 28 heavy (non-hydrogen) atoms. The highest BCUT2D eigenvalue weighted by atomic mass is 32.2. The molecule has 1 heterocycles. The second-order valence-corrected chi connectivity index (χ2v) is 8.52. The molecule has 1 fully saturated rings. The van der Waals surface area contributed by atoms with Gasteiger partial charge in [0.05, 0.1) is 17.0 Å². The summed E-state index contributed by atoms with van der Waals surface area (Å²) < 4.78 is 39.2. The van der Waals surface area contributed by atoms with Gasteiger partial charge in [0.1, 0.15) is 6.10 Å². The molecule has 1 saturated carbocycles. The Labute approximate surface area is 161 Å². The van der Waals surface area contributed by atoms with Crippen LogP contribution in [-0.2, 0) is 14.8 Å². The lowest BCUT2D eigenvalue weighted by Gasteiger charge is -2.22. The summed E-state index contributed by atoms with van der Waals surface area (Å²) in [5, 5.41) is 19.3. The summed E-state index contributed by atoms with van der Waals surface area (Å²) in [5.74, 6) is -0.834. The summed E-state index contributed by atoms with van der Waals surface area (Å²) in [6, 6.07) is 12.2. The van der Waals surface area contributed by atoms with Crippen molar-refractivity contribution in [3.05, 3.63) is 54.1 Å². The van der Waals surface area contributed by atoms with Gasteiger partial charge in [-0.15, -0.1) is 0 Å². The van der Waals surface area contributed by atoms with Crippen LogP contribution in [0.25, 0.3) is 0 Å². The first-order valence-electron chi connectivity index (χ1n) is 8.76. The van der Waals surface area contributed by atoms with Crippen LogP contribution in [0.2, 0.25) is 0 Å². The molecule has 0 saturated heterocycles. The van der Waals surface area contributed by atoms with Crippen LogP contribution in [-0.4, -0.2) is 49.5 Å². The first kappa shape index (κ1) is 18.7. The minimum absolute atomic E-state index is 0.114. The third-order valence-electron chi connectivity index (χ3n) is 5.01. The van der Waals surface area contributed by atoms with Crippen LogP contribution in [0.15, 0.2) is 53.4 Å². The van der Waals surface area contributed by atoms with Crippen LogP contribution in [0, 0.1) is 0 Å². The Morgan fingerprint density at radius 3 is 2.64 bits per heavy atom. The third-order valence-corrected chi connectivity index (χ3v) is 6.48. The van der Waals surface area contributed by atoms with Gasteiger partial charge in [0.25, 0.3) is 0 Å². The first-order chi connectivity index (χ1) is 13.4. The predicted octanol–water partition coefficient (Wildman–Crippen LogP) is 1.11. The fourth-order valence-electron chi connectivity index (χ4n) is 3.84. The minimum atomic E-state index is -3.82. The maximum atomic E-state index is 12.7. The van der Waals surface area contributed by atoms with Crippen LogP contribution in [0.3, 0.4) is 0 Å². The zero-order valence-electron chi connectivity index (χ0n) is 14.7. The van der Waals surface area contributed by atoms with Gasteiger partial charge in [-0.05, 0) is 18.2 Å². The Morgan fingerprint density at radius 2 is 1.93 bits per heavy atom. The van der Waals surface area contributed by atoms with Gasteiger partial charge in [0.15, 0.2) is 18.1 Å². The Hall–Kier alpha value is -2.62. The fourth-order valence-corrected chi connectivity index (χ4v) is 5.16. The van der Waals surface area contributed by atoms with Crippen molar-refractivity contribution in [3.8, 4) is 11.5 Å². The predicted molar refractivity (Wildman–Crippen MR) is 97.9 cm³/mol. The van der Waals surface area contributed by atoms with Gasteiger partial charge in [0, 0.05) is 17.9 Å². The van der Waals surface area contributed by atoms with Crippen molar-refractivity contribution >= 4 is 16.0 Å². The molecule has 0 amide bonds. The first-order valence-corrected chi connectivity index (χ1v) is 10.2. The van der Waals surface area contributed by atoms with E-state index in [0.717, 1.165) is 0 Å². The van der Waals surface area contributed by atoms with E-state index < -0.39 is 46.8 Å². The maximum Gasteiger partial charge on any atom is 0.341 e. The SMILES string of the molecule is O=C(O)COc1cccc2c1OC1CC(O)C(NS(=O)(=O)c3ccccc3)C21. The molecular formula is C19H19NO7S. The number of fused-ring (bicyclic) bond motifs is 3. The molecule has 0 aromatic heterocycles. The van der Waals surface area contributed by atoms with Gasteiger partial charge in [0.2, 0.25) is 10.0 Å². The minimum Gasteiger partial charge on any atom is -0.485 e. The van der Waals surface area contributed by atoms with Gasteiger partial charge in [-0.1, -0.05) is 30.3 Å². The molecule has 4 atom stereocenters. The van der Waals surface area contributed by atoms with Crippen LogP contribution in [0.5, 0.6) is 11.5 Å². The number of aliphatic carboxylic acids is 1. The summed E-state index contributed by atoms with van der Waals surface area (Å²) in [7, 11) is -3.82. The van der Waals surface area contributed by atoms with E-state index in [4.69, 9.17) is 14.6 Å². The Kier molecular flexibility index (Phi) is 4.74. The normalized spacial score (nSPS) is 25.6. The molecule has 4 rings (SSSR count). The number of carbonyl (C=O) groups is 1. The molecular weight excluding hydrogens is 386 g/mol. The van der Waals surface area contributed by atoms with Crippen LogP contribution < -0.4 is 14.2 Å². The topological polar surface area (TPSA) is 122 Å². The third kappa shape index (κ3) is 3.32. The zero-order valence-corrected chi connectivity index (χ0v) is 15.5. The smallest absolute Gasteiger partial charge is 0.341 e. The van der Waals surface area contributed by atoms with E-state index in [9.17, 15) is 18.3 Å². The van der Waals surface area contributed by atoms with Crippen molar-refractivity contribution in [2.45, 2.75) is 35.5 Å². The second-order valence-electron chi connectivity index (χ2n) is 6.80. The van der Waals surface area contributed by atoms with E-state index in [0.29, 0.717) is 11.3 Å². The lowest BCUT2D eigenvalue weighted by Crippen LogP contribution is -2.43. The van der Waals surface area contributed by atoms with Crippen molar-refractivity contribution in [2.24, 2.45) is 0 Å². The average molecular weight is 405 g/mol. The average Bonchev–Trinajstić information content (AvgIpc) is 3.17. The Bertz CT molecular complexity index is 993. The summed E-state index contributed by atoms with van der Waals surface area (Å²) in [6.07, 6.45) is -1.09. The molecule has 2 aliphatic rings. The zero-order chi connectivity index (χ0) is 19.9. The van der Waals surface area contributed by atoms with E-state index in [-0.39, 0.29) is 17.1 Å². The Balaban J connectivity index is 1.63. The quantitative estimate of drug-likeness (QED) is 0.658. The molecule has 4 unspecified atom stereocenters. The number of hydrogen-bond donors (Lipinski definition) is 3. The standard InChI is InChI=1S/C19H19NO7S/c21-13-9-15-17(18(13)20-28(24,25)11-5-2-1-3-6-11)12-7-4-8-14(19(12)27-15)26-10-16(22)23/h1-8,13,15,17-18,20-21H,9-10H2,(H,22,23). The molecule has 1 aliphatic heterocycles. The summed E-state index contributed by atoms with van der Waals surface area (Å²) in [5.41, 5.74) is 0.685. The van der Waals surface area contributed by atoms with E-state index in [1.165, 1.54) is 12.1 Å².